The summed E-state index contributed by atoms with van der Waals surface area (Å²) in [6, 6.07) is 8.92. The number of aromatic nitrogens is 2. The number of benzene rings is 1. The van der Waals surface area contributed by atoms with Gasteiger partial charge in [0.05, 0.1) is 11.8 Å². The first kappa shape index (κ1) is 19.6. The molecule has 0 radical (unpaired) electrons. The van der Waals surface area contributed by atoms with Crippen molar-refractivity contribution in [1.82, 2.24) is 14.6 Å². The summed E-state index contributed by atoms with van der Waals surface area (Å²) in [6.07, 6.45) is 0.727. The minimum atomic E-state index is -0.735. The first-order valence-electron chi connectivity index (χ1n) is 8.91. The molecule has 2 heterocycles. The predicted molar refractivity (Wildman–Crippen MR) is 102 cm³/mol. The molecular formula is C19H22N4O5. The largest absolute Gasteiger partial charge is 0.494 e. The molecule has 0 aliphatic carbocycles. The Kier molecular flexibility index (Phi) is 5.74. The van der Waals surface area contributed by atoms with Gasteiger partial charge in [-0.05, 0) is 12.0 Å². The van der Waals surface area contributed by atoms with Crippen molar-refractivity contribution in [1.29, 1.82) is 0 Å². The molecule has 0 fully saturated rings. The van der Waals surface area contributed by atoms with Crippen LogP contribution in [0.3, 0.4) is 0 Å². The van der Waals surface area contributed by atoms with Gasteiger partial charge in [-0.15, -0.1) is 0 Å². The summed E-state index contributed by atoms with van der Waals surface area (Å²) >= 11 is 0. The second-order valence-electron chi connectivity index (χ2n) is 6.50. The van der Waals surface area contributed by atoms with E-state index in [2.05, 4.69) is 10.1 Å². The molecule has 0 saturated heterocycles. The maximum Gasteiger partial charge on any atom is 0.331 e. The van der Waals surface area contributed by atoms with Crippen LogP contribution in [0.5, 0.6) is 5.88 Å². The average molecular weight is 386 g/mol. The third kappa shape index (κ3) is 3.74. The van der Waals surface area contributed by atoms with Gasteiger partial charge in [-0.3, -0.25) is 19.1 Å². The molecule has 1 aromatic heterocycles. The standard InChI is InChI=1S/C19H22N4O5/c1-12(24)23-15(13-7-4-3-5-8-13)11-14(21-23)16-17(25)20-19(27)22(18(16)26)9-6-10-28-2/h3-5,7-8,15,26H,6,9-11H2,1-2H3,(H,20,25,27). The summed E-state index contributed by atoms with van der Waals surface area (Å²) < 4.78 is 6.04. The summed E-state index contributed by atoms with van der Waals surface area (Å²) in [4.78, 5) is 38.8. The zero-order chi connectivity index (χ0) is 20.3. The normalized spacial score (nSPS) is 16.3. The van der Waals surface area contributed by atoms with Gasteiger partial charge in [0.2, 0.25) is 11.8 Å². The zero-order valence-electron chi connectivity index (χ0n) is 15.7. The van der Waals surface area contributed by atoms with Crippen LogP contribution in [0.1, 0.15) is 36.9 Å². The zero-order valence-corrected chi connectivity index (χ0v) is 15.7. The van der Waals surface area contributed by atoms with Crippen molar-refractivity contribution < 1.29 is 14.6 Å². The van der Waals surface area contributed by atoms with Crippen molar-refractivity contribution >= 4 is 11.6 Å². The fourth-order valence-corrected chi connectivity index (χ4v) is 3.28. The number of nitrogens with zero attached hydrogens (tertiary/aromatic N) is 3. The lowest BCUT2D eigenvalue weighted by Gasteiger charge is -2.20. The van der Waals surface area contributed by atoms with E-state index in [1.165, 1.54) is 19.0 Å². The van der Waals surface area contributed by atoms with Gasteiger partial charge < -0.3 is 9.84 Å². The van der Waals surface area contributed by atoms with Crippen LogP contribution in [0.15, 0.2) is 45.0 Å². The molecule has 2 N–H and O–H groups in total. The lowest BCUT2D eigenvalue weighted by molar-refractivity contribution is -0.130. The van der Waals surface area contributed by atoms with E-state index in [9.17, 15) is 19.5 Å². The maximum atomic E-state index is 12.4. The van der Waals surface area contributed by atoms with Crippen molar-refractivity contribution in [2.75, 3.05) is 13.7 Å². The van der Waals surface area contributed by atoms with Crippen LogP contribution in [0.4, 0.5) is 0 Å². The van der Waals surface area contributed by atoms with E-state index in [1.54, 1.807) is 0 Å². The molecule has 148 valence electrons. The number of methoxy groups -OCH3 is 1. The van der Waals surface area contributed by atoms with Crippen molar-refractivity contribution in [2.45, 2.75) is 32.4 Å². The summed E-state index contributed by atoms with van der Waals surface area (Å²) in [7, 11) is 1.54. The Morgan fingerprint density at radius 1 is 1.32 bits per heavy atom. The fourth-order valence-electron chi connectivity index (χ4n) is 3.28. The molecule has 9 heteroatoms. The van der Waals surface area contributed by atoms with E-state index in [0.29, 0.717) is 13.0 Å². The van der Waals surface area contributed by atoms with Crippen LogP contribution >= 0.6 is 0 Å². The highest BCUT2D eigenvalue weighted by molar-refractivity contribution is 6.04. The molecule has 9 nitrogen and oxygen atoms in total. The minimum absolute atomic E-state index is 0.0957. The van der Waals surface area contributed by atoms with Crippen LogP contribution < -0.4 is 11.2 Å². The number of aromatic hydroxyl groups is 1. The van der Waals surface area contributed by atoms with E-state index in [0.717, 1.165) is 10.1 Å². The molecule has 0 bridgehead atoms. The van der Waals surface area contributed by atoms with E-state index < -0.39 is 17.1 Å². The summed E-state index contributed by atoms with van der Waals surface area (Å²) in [5, 5.41) is 16.2. The Bertz CT molecular complexity index is 1010. The number of carbonyl (C=O) groups is 1. The highest BCUT2D eigenvalue weighted by Gasteiger charge is 2.34. The SMILES string of the molecule is COCCCn1c(O)c(C2=NN(C(C)=O)C(c3ccccc3)C2)c(=O)[nH]c1=O. The first-order valence-corrected chi connectivity index (χ1v) is 8.91. The number of H-pyrrole nitrogens is 1. The van der Waals surface area contributed by atoms with Crippen molar-refractivity contribution in [3.8, 4) is 5.88 Å². The lowest BCUT2D eigenvalue weighted by Crippen LogP contribution is -2.34. The van der Waals surface area contributed by atoms with Crippen molar-refractivity contribution in [2.24, 2.45) is 5.10 Å². The molecule has 1 unspecified atom stereocenters. The number of nitrogens with one attached hydrogen (secondary N) is 1. The van der Waals surface area contributed by atoms with Crippen LogP contribution in [-0.4, -0.2) is 45.0 Å². The van der Waals surface area contributed by atoms with Crippen molar-refractivity contribution in [3.63, 3.8) is 0 Å². The first-order chi connectivity index (χ1) is 13.4. The number of ether oxygens (including phenoxy) is 1. The molecule has 0 saturated carbocycles. The quantitative estimate of drug-likeness (QED) is 0.718. The van der Waals surface area contributed by atoms with Crippen LogP contribution in [0, 0.1) is 0 Å². The van der Waals surface area contributed by atoms with E-state index in [1.807, 2.05) is 30.3 Å². The number of hydrogen-bond acceptors (Lipinski definition) is 6. The van der Waals surface area contributed by atoms with Gasteiger partial charge in [-0.1, -0.05) is 30.3 Å². The number of carbonyl (C=O) groups excluding carboxylic acids is 1. The molecular weight excluding hydrogens is 364 g/mol. The van der Waals surface area contributed by atoms with Crippen LogP contribution in [0.25, 0.3) is 0 Å². The molecule has 1 aromatic carbocycles. The Morgan fingerprint density at radius 2 is 2.04 bits per heavy atom. The summed E-state index contributed by atoms with van der Waals surface area (Å²) in [5.41, 5.74) is -0.420. The summed E-state index contributed by atoms with van der Waals surface area (Å²) in [5.74, 6) is -0.742. The third-order valence-corrected chi connectivity index (χ3v) is 4.61. The number of hydrogen-bond donors (Lipinski definition) is 2. The van der Waals surface area contributed by atoms with Gasteiger partial charge in [0, 0.05) is 33.6 Å². The number of rotatable bonds is 6. The van der Waals surface area contributed by atoms with Gasteiger partial charge >= 0.3 is 5.69 Å². The number of amides is 1. The van der Waals surface area contributed by atoms with Gasteiger partial charge in [0.25, 0.3) is 5.56 Å². The Balaban J connectivity index is 2.02. The van der Waals surface area contributed by atoms with Gasteiger partial charge in [0.1, 0.15) is 5.56 Å². The van der Waals surface area contributed by atoms with Crippen LogP contribution in [0.2, 0.25) is 0 Å². The highest BCUT2D eigenvalue weighted by atomic mass is 16.5. The Labute approximate surface area is 160 Å². The monoisotopic (exact) mass is 386 g/mol. The molecule has 1 aliphatic rings. The third-order valence-electron chi connectivity index (χ3n) is 4.61. The summed E-state index contributed by atoms with van der Waals surface area (Å²) in [6.45, 7) is 1.96. The second-order valence-corrected chi connectivity index (χ2v) is 6.50. The smallest absolute Gasteiger partial charge is 0.331 e. The number of aromatic amines is 1. The second kappa shape index (κ2) is 8.22. The maximum absolute atomic E-state index is 12.4. The van der Waals surface area contributed by atoms with E-state index >= 15 is 0 Å². The molecule has 28 heavy (non-hydrogen) atoms. The average Bonchev–Trinajstić information content (AvgIpc) is 3.10. The van der Waals surface area contributed by atoms with E-state index in [-0.39, 0.29) is 36.2 Å². The van der Waals surface area contributed by atoms with Crippen LogP contribution in [-0.2, 0) is 16.1 Å². The molecule has 1 aliphatic heterocycles. The highest BCUT2D eigenvalue weighted by Crippen LogP contribution is 2.33. The van der Waals surface area contributed by atoms with Gasteiger partial charge in [-0.25, -0.2) is 9.80 Å². The fraction of sp³-hybridized carbons (Fsp3) is 0.368. The van der Waals surface area contributed by atoms with Gasteiger partial charge in [-0.2, -0.15) is 5.10 Å². The molecule has 1 amide bonds. The Morgan fingerprint density at radius 3 is 2.68 bits per heavy atom. The van der Waals surface area contributed by atoms with Crippen molar-refractivity contribution in [3.05, 3.63) is 62.3 Å². The lowest BCUT2D eigenvalue weighted by atomic mass is 9.99. The topological polar surface area (TPSA) is 117 Å². The predicted octanol–water partition coefficient (Wildman–Crippen LogP) is 0.976. The van der Waals surface area contributed by atoms with Gasteiger partial charge in [0.15, 0.2) is 0 Å². The number of hydrazone groups is 1. The molecule has 0 spiro atoms. The minimum Gasteiger partial charge on any atom is -0.494 e. The molecule has 3 rings (SSSR count). The Hall–Kier alpha value is -3.20. The molecule has 1 atom stereocenters. The van der Waals surface area contributed by atoms with E-state index in [4.69, 9.17) is 4.74 Å². The molecule has 2 aromatic rings.